The maximum atomic E-state index is 12.5. The van der Waals surface area contributed by atoms with Gasteiger partial charge in [0.25, 0.3) is 0 Å². The van der Waals surface area contributed by atoms with Crippen LogP contribution >= 0.6 is 34.0 Å². The average molecular weight is 447 g/mol. The molecule has 0 atom stereocenters. The number of aryl methyl sites for hydroxylation is 1. The zero-order valence-electron chi connectivity index (χ0n) is 16.7. The molecule has 0 fully saturated rings. The highest BCUT2D eigenvalue weighted by atomic mass is 32.1. The van der Waals surface area contributed by atoms with E-state index in [1.165, 1.54) is 25.9 Å². The Hall–Kier alpha value is -2.53. The summed E-state index contributed by atoms with van der Waals surface area (Å²) in [7, 11) is 0. The Labute approximate surface area is 189 Å². The molecule has 30 heavy (non-hydrogen) atoms. The summed E-state index contributed by atoms with van der Waals surface area (Å²) in [6, 6.07) is 22.9. The molecule has 4 aromatic rings. The van der Waals surface area contributed by atoms with Gasteiger partial charge in [-0.25, -0.2) is 0 Å². The molecule has 0 bridgehead atoms. The molecule has 3 heterocycles. The molecule has 0 radical (unpaired) electrons. The minimum atomic E-state index is 0.0446. The van der Waals surface area contributed by atoms with Gasteiger partial charge in [0.1, 0.15) is 0 Å². The number of carbonyl (C=O) groups excluding carboxylic acids is 1. The van der Waals surface area contributed by atoms with Gasteiger partial charge in [0, 0.05) is 24.4 Å². The maximum Gasteiger partial charge on any atom is 0.195 e. The van der Waals surface area contributed by atoms with E-state index in [4.69, 9.17) is 0 Å². The molecular formula is C26H22OS3. The van der Waals surface area contributed by atoms with E-state index in [2.05, 4.69) is 37.3 Å². The molecule has 0 aliphatic rings. The van der Waals surface area contributed by atoms with Crippen LogP contribution in [0.4, 0.5) is 0 Å². The molecule has 0 saturated carbocycles. The van der Waals surface area contributed by atoms with Crippen molar-refractivity contribution in [2.45, 2.75) is 19.8 Å². The van der Waals surface area contributed by atoms with Crippen molar-refractivity contribution in [2.24, 2.45) is 0 Å². The lowest BCUT2D eigenvalue weighted by Crippen LogP contribution is -1.87. The third kappa shape index (κ3) is 5.14. The Bertz CT molecular complexity index is 1170. The molecule has 1 aromatic carbocycles. The average Bonchev–Trinajstić information content (AvgIpc) is 3.52. The van der Waals surface area contributed by atoms with E-state index in [-0.39, 0.29) is 5.78 Å². The largest absolute Gasteiger partial charge is 0.288 e. The highest BCUT2D eigenvalue weighted by molar-refractivity contribution is 7.26. The van der Waals surface area contributed by atoms with E-state index in [0.717, 1.165) is 21.7 Å². The fraction of sp³-hybridized carbons (Fsp3) is 0.115. The van der Waals surface area contributed by atoms with Crippen molar-refractivity contribution in [3.05, 3.63) is 100 Å². The normalized spacial score (nSPS) is 11.6. The standard InChI is InChI=1S/C26H22OS3/c1-2-8-20-13-14-23(28-20)24-17-18-26(30-24)25-16-15-22(29-25)21(27)12-7-6-11-19-9-4-3-5-10-19/h3-7,9-18H,2,8H2,1H3/b11-6+,12-7+. The van der Waals surface area contributed by atoms with Gasteiger partial charge < -0.3 is 0 Å². The van der Waals surface area contributed by atoms with Crippen LogP contribution in [-0.2, 0) is 6.42 Å². The van der Waals surface area contributed by atoms with Gasteiger partial charge in [0.2, 0.25) is 0 Å². The van der Waals surface area contributed by atoms with Crippen LogP contribution in [0.5, 0.6) is 0 Å². The van der Waals surface area contributed by atoms with Gasteiger partial charge in [-0.05, 0) is 54.5 Å². The predicted molar refractivity (Wildman–Crippen MR) is 134 cm³/mol. The summed E-state index contributed by atoms with van der Waals surface area (Å²) in [5.41, 5.74) is 1.12. The molecule has 0 saturated heterocycles. The van der Waals surface area contributed by atoms with Crippen LogP contribution in [0.25, 0.3) is 25.6 Å². The van der Waals surface area contributed by atoms with Gasteiger partial charge in [-0.2, -0.15) is 0 Å². The van der Waals surface area contributed by atoms with E-state index in [9.17, 15) is 4.79 Å². The van der Waals surface area contributed by atoms with E-state index in [1.807, 2.05) is 66.0 Å². The quantitative estimate of drug-likeness (QED) is 0.150. The van der Waals surface area contributed by atoms with Crippen molar-refractivity contribution in [1.29, 1.82) is 0 Å². The van der Waals surface area contributed by atoms with E-state index < -0.39 is 0 Å². The van der Waals surface area contributed by atoms with E-state index in [0.29, 0.717) is 0 Å². The van der Waals surface area contributed by atoms with E-state index >= 15 is 0 Å². The second-order valence-electron chi connectivity index (χ2n) is 6.84. The van der Waals surface area contributed by atoms with Gasteiger partial charge in [-0.1, -0.05) is 61.9 Å². The molecular weight excluding hydrogens is 424 g/mol. The molecule has 1 nitrogen and oxygen atoms in total. The molecule has 150 valence electrons. The second kappa shape index (κ2) is 9.98. The van der Waals surface area contributed by atoms with Crippen LogP contribution in [0, 0.1) is 0 Å². The third-order valence-corrected chi connectivity index (χ3v) is 8.27. The number of hydrogen-bond acceptors (Lipinski definition) is 4. The Morgan fingerprint density at radius 3 is 2.20 bits per heavy atom. The topological polar surface area (TPSA) is 17.1 Å². The van der Waals surface area contributed by atoms with Crippen molar-refractivity contribution in [1.82, 2.24) is 0 Å². The highest BCUT2D eigenvalue weighted by Crippen LogP contribution is 2.40. The minimum Gasteiger partial charge on any atom is -0.288 e. The Morgan fingerprint density at radius 1 is 0.767 bits per heavy atom. The van der Waals surface area contributed by atoms with Gasteiger partial charge in [-0.15, -0.1) is 34.0 Å². The summed E-state index contributed by atoms with van der Waals surface area (Å²) < 4.78 is 0. The van der Waals surface area contributed by atoms with Crippen molar-refractivity contribution in [3.8, 4) is 19.5 Å². The van der Waals surface area contributed by atoms with Crippen molar-refractivity contribution < 1.29 is 4.79 Å². The zero-order valence-corrected chi connectivity index (χ0v) is 19.2. The first-order chi connectivity index (χ1) is 14.7. The van der Waals surface area contributed by atoms with Gasteiger partial charge >= 0.3 is 0 Å². The number of thiophene rings is 3. The van der Waals surface area contributed by atoms with Crippen LogP contribution < -0.4 is 0 Å². The lowest BCUT2D eigenvalue weighted by Gasteiger charge is -1.92. The first-order valence-electron chi connectivity index (χ1n) is 9.96. The zero-order chi connectivity index (χ0) is 20.8. The summed E-state index contributed by atoms with van der Waals surface area (Å²) in [6.07, 6.45) is 9.67. The van der Waals surface area contributed by atoms with Crippen LogP contribution in [0.2, 0.25) is 0 Å². The van der Waals surface area contributed by atoms with Crippen molar-refractivity contribution in [2.75, 3.05) is 0 Å². The number of ketones is 1. The molecule has 0 amide bonds. The molecule has 0 aliphatic heterocycles. The Balaban J connectivity index is 1.42. The fourth-order valence-corrected chi connectivity index (χ4v) is 6.27. The number of rotatable bonds is 8. The monoisotopic (exact) mass is 446 g/mol. The van der Waals surface area contributed by atoms with E-state index in [1.54, 1.807) is 28.7 Å². The van der Waals surface area contributed by atoms with Gasteiger partial charge in [-0.3, -0.25) is 4.79 Å². The molecule has 4 rings (SSSR count). The molecule has 4 heteroatoms. The highest BCUT2D eigenvalue weighted by Gasteiger charge is 2.11. The predicted octanol–water partition coefficient (Wildman–Crippen LogP) is 8.61. The first-order valence-corrected chi connectivity index (χ1v) is 12.4. The SMILES string of the molecule is CCCc1ccc(-c2ccc(-c3ccc(C(=O)/C=C/C=C/c4ccccc4)s3)s2)s1. The summed E-state index contributed by atoms with van der Waals surface area (Å²) in [4.78, 5) is 19.7. The minimum absolute atomic E-state index is 0.0446. The Kier molecular flexibility index (Phi) is 6.90. The lowest BCUT2D eigenvalue weighted by molar-refractivity contribution is 0.105. The van der Waals surface area contributed by atoms with Crippen molar-refractivity contribution in [3.63, 3.8) is 0 Å². The lowest BCUT2D eigenvalue weighted by atomic mass is 10.2. The smallest absolute Gasteiger partial charge is 0.195 e. The second-order valence-corrected chi connectivity index (χ2v) is 10.2. The number of allylic oxidation sites excluding steroid dienone is 3. The van der Waals surface area contributed by atoms with Crippen molar-refractivity contribution >= 4 is 45.9 Å². The fourth-order valence-electron chi connectivity index (χ4n) is 3.05. The molecule has 0 aliphatic carbocycles. The van der Waals surface area contributed by atoms with Crippen LogP contribution in [-0.4, -0.2) is 5.78 Å². The van der Waals surface area contributed by atoms with Crippen LogP contribution in [0.1, 0.15) is 33.5 Å². The molecule has 0 unspecified atom stereocenters. The van der Waals surface area contributed by atoms with Gasteiger partial charge in [0.05, 0.1) is 4.88 Å². The third-order valence-electron chi connectivity index (χ3n) is 4.55. The summed E-state index contributed by atoms with van der Waals surface area (Å²) >= 11 is 5.24. The molecule has 0 spiro atoms. The summed E-state index contributed by atoms with van der Waals surface area (Å²) in [5.74, 6) is 0.0446. The number of benzene rings is 1. The molecule has 3 aromatic heterocycles. The Morgan fingerprint density at radius 2 is 1.43 bits per heavy atom. The number of hydrogen-bond donors (Lipinski definition) is 0. The van der Waals surface area contributed by atoms with Crippen LogP contribution in [0.3, 0.4) is 0 Å². The van der Waals surface area contributed by atoms with Crippen LogP contribution in [0.15, 0.2) is 85.0 Å². The maximum absolute atomic E-state index is 12.5. The first kappa shape index (κ1) is 20.7. The summed E-state index contributed by atoms with van der Waals surface area (Å²) in [6.45, 7) is 2.22. The molecule has 0 N–H and O–H groups in total. The van der Waals surface area contributed by atoms with Gasteiger partial charge in [0.15, 0.2) is 5.78 Å². The number of carbonyl (C=O) groups is 1. The summed E-state index contributed by atoms with van der Waals surface area (Å²) in [5, 5.41) is 0.